The predicted molar refractivity (Wildman–Crippen MR) is 149 cm³/mol. The summed E-state index contributed by atoms with van der Waals surface area (Å²) in [6.07, 6.45) is 2.01. The molecule has 0 saturated heterocycles. The van der Waals surface area contributed by atoms with Crippen molar-refractivity contribution in [2.45, 2.75) is 40.2 Å². The van der Waals surface area contributed by atoms with E-state index in [9.17, 15) is 0 Å². The van der Waals surface area contributed by atoms with Crippen LogP contribution in [-0.4, -0.2) is 19.5 Å². The van der Waals surface area contributed by atoms with Crippen LogP contribution in [0.5, 0.6) is 0 Å². The molecule has 4 heteroatoms. The maximum Gasteiger partial charge on any atom is 0.138 e. The van der Waals surface area contributed by atoms with E-state index in [2.05, 4.69) is 115 Å². The highest BCUT2D eigenvalue weighted by Crippen LogP contribution is 2.30. The van der Waals surface area contributed by atoms with Gasteiger partial charge in [0, 0.05) is 18.5 Å². The van der Waals surface area contributed by atoms with Crippen LogP contribution in [0.2, 0.25) is 0 Å². The van der Waals surface area contributed by atoms with Crippen LogP contribution < -0.4 is 0 Å². The molecule has 0 aliphatic rings. The monoisotopic (exact) mass is 470 g/mol. The first-order valence-electron chi connectivity index (χ1n) is 12.7. The number of nitrogens with one attached hydrogen (secondary N) is 1. The minimum Gasteiger partial charge on any atom is -0.338 e. The van der Waals surface area contributed by atoms with Gasteiger partial charge in [-0.1, -0.05) is 73.7 Å². The highest BCUT2D eigenvalue weighted by molar-refractivity contribution is 5.87. The van der Waals surface area contributed by atoms with Crippen molar-refractivity contribution in [1.82, 2.24) is 19.5 Å². The number of aromatic amines is 1. The molecule has 0 bridgehead atoms. The molecule has 178 valence electrons. The van der Waals surface area contributed by atoms with Gasteiger partial charge in [-0.2, -0.15) is 0 Å². The quantitative estimate of drug-likeness (QED) is 0.269. The Hall–Kier alpha value is -4.18. The summed E-state index contributed by atoms with van der Waals surface area (Å²) in [5, 5.41) is 0. The number of benzene rings is 4. The Bertz CT molecular complexity index is 1670. The summed E-state index contributed by atoms with van der Waals surface area (Å²) in [6, 6.07) is 30.2. The summed E-state index contributed by atoms with van der Waals surface area (Å²) >= 11 is 0. The Morgan fingerprint density at radius 2 is 1.50 bits per heavy atom. The van der Waals surface area contributed by atoms with Crippen molar-refractivity contribution < 1.29 is 0 Å². The largest absolute Gasteiger partial charge is 0.338 e. The van der Waals surface area contributed by atoms with E-state index in [-0.39, 0.29) is 0 Å². The Balaban J connectivity index is 1.42. The van der Waals surface area contributed by atoms with E-state index in [0.717, 1.165) is 58.7 Å². The van der Waals surface area contributed by atoms with Gasteiger partial charge in [0.05, 0.1) is 22.1 Å². The van der Waals surface area contributed by atoms with E-state index < -0.39 is 0 Å². The molecule has 2 aromatic heterocycles. The Morgan fingerprint density at radius 3 is 2.25 bits per heavy atom. The fourth-order valence-electron chi connectivity index (χ4n) is 5.10. The zero-order valence-electron chi connectivity index (χ0n) is 21.0. The Kier molecular flexibility index (Phi) is 5.65. The normalized spacial score (nSPS) is 11.5. The van der Waals surface area contributed by atoms with Gasteiger partial charge < -0.3 is 9.55 Å². The predicted octanol–water partition coefficient (Wildman–Crippen LogP) is 7.86. The van der Waals surface area contributed by atoms with Gasteiger partial charge in [-0.3, -0.25) is 0 Å². The Labute approximate surface area is 211 Å². The molecular formula is C32H30N4. The second-order valence-electron chi connectivity index (χ2n) is 9.64. The topological polar surface area (TPSA) is 46.5 Å². The minimum absolute atomic E-state index is 0.795. The highest BCUT2D eigenvalue weighted by atomic mass is 15.1. The number of H-pyrrole nitrogens is 1. The first kappa shape index (κ1) is 22.3. The van der Waals surface area contributed by atoms with Gasteiger partial charge in [0.15, 0.2) is 0 Å². The molecule has 2 heterocycles. The van der Waals surface area contributed by atoms with Gasteiger partial charge in [-0.15, -0.1) is 0 Å². The maximum atomic E-state index is 5.09. The maximum absolute atomic E-state index is 5.09. The third-order valence-electron chi connectivity index (χ3n) is 6.99. The SMILES string of the molecule is CCCc1nc2c(C)cc(-c3nc4c(C)cccc4[nH]3)cc2n1Cc1ccc(-c2ccccc2)cc1. The van der Waals surface area contributed by atoms with Crippen LogP contribution in [0.25, 0.3) is 44.6 Å². The molecule has 0 aliphatic heterocycles. The lowest BCUT2D eigenvalue weighted by molar-refractivity contribution is 0.722. The molecule has 1 N–H and O–H groups in total. The van der Waals surface area contributed by atoms with Crippen molar-refractivity contribution in [3.63, 3.8) is 0 Å². The van der Waals surface area contributed by atoms with E-state index in [1.807, 2.05) is 0 Å². The van der Waals surface area contributed by atoms with Crippen LogP contribution >= 0.6 is 0 Å². The Morgan fingerprint density at radius 1 is 0.722 bits per heavy atom. The number of para-hydroxylation sites is 1. The third kappa shape index (κ3) is 3.99. The van der Waals surface area contributed by atoms with Crippen LogP contribution in [0.4, 0.5) is 0 Å². The van der Waals surface area contributed by atoms with Crippen LogP contribution in [-0.2, 0) is 13.0 Å². The van der Waals surface area contributed by atoms with Crippen molar-refractivity contribution in [2.75, 3.05) is 0 Å². The average Bonchev–Trinajstić information content (AvgIpc) is 3.49. The first-order valence-corrected chi connectivity index (χ1v) is 12.7. The lowest BCUT2D eigenvalue weighted by Gasteiger charge is -2.11. The number of nitrogens with zero attached hydrogens (tertiary/aromatic N) is 3. The molecule has 4 aromatic carbocycles. The van der Waals surface area contributed by atoms with Gasteiger partial charge in [0.25, 0.3) is 0 Å². The van der Waals surface area contributed by atoms with Gasteiger partial charge in [0.2, 0.25) is 0 Å². The summed E-state index contributed by atoms with van der Waals surface area (Å²) in [4.78, 5) is 13.6. The molecule has 0 fully saturated rings. The van der Waals surface area contributed by atoms with Crippen molar-refractivity contribution in [1.29, 1.82) is 0 Å². The van der Waals surface area contributed by atoms with Crippen molar-refractivity contribution in [2.24, 2.45) is 0 Å². The van der Waals surface area contributed by atoms with Gasteiger partial charge in [0.1, 0.15) is 11.6 Å². The van der Waals surface area contributed by atoms with Crippen molar-refractivity contribution in [3.8, 4) is 22.5 Å². The summed E-state index contributed by atoms with van der Waals surface area (Å²) in [7, 11) is 0. The molecule has 0 atom stereocenters. The van der Waals surface area contributed by atoms with Crippen molar-refractivity contribution >= 4 is 22.1 Å². The van der Waals surface area contributed by atoms with E-state index in [0.29, 0.717) is 0 Å². The van der Waals surface area contributed by atoms with Crippen LogP contribution in [0.1, 0.15) is 35.9 Å². The number of hydrogen-bond donors (Lipinski definition) is 1. The summed E-state index contributed by atoms with van der Waals surface area (Å²) in [6.45, 7) is 7.27. The smallest absolute Gasteiger partial charge is 0.138 e. The van der Waals surface area contributed by atoms with Crippen molar-refractivity contribution in [3.05, 3.63) is 107 Å². The van der Waals surface area contributed by atoms with E-state index in [1.54, 1.807) is 0 Å². The van der Waals surface area contributed by atoms with Crippen LogP contribution in [0.3, 0.4) is 0 Å². The molecule has 0 radical (unpaired) electrons. The van der Waals surface area contributed by atoms with Gasteiger partial charge in [-0.25, -0.2) is 9.97 Å². The number of hydrogen-bond acceptors (Lipinski definition) is 2. The number of aryl methyl sites for hydroxylation is 3. The standard InChI is InChI=1S/C32H30N4/c1-4-9-29-34-31-22(3)18-26(32-33-27-13-8-10-21(2)30(27)35-32)19-28(31)36(29)20-23-14-16-25(17-15-23)24-11-6-5-7-12-24/h5-8,10-19H,4,9,20H2,1-3H3,(H,33,35). The molecule has 6 aromatic rings. The summed E-state index contributed by atoms with van der Waals surface area (Å²) < 4.78 is 2.39. The van der Waals surface area contributed by atoms with Gasteiger partial charge >= 0.3 is 0 Å². The number of imidazole rings is 2. The number of rotatable bonds is 6. The average molecular weight is 471 g/mol. The molecule has 0 spiro atoms. The number of fused-ring (bicyclic) bond motifs is 2. The highest BCUT2D eigenvalue weighted by Gasteiger charge is 2.16. The van der Waals surface area contributed by atoms with E-state index in [4.69, 9.17) is 9.97 Å². The lowest BCUT2D eigenvalue weighted by Crippen LogP contribution is -2.05. The molecule has 6 rings (SSSR count). The summed E-state index contributed by atoms with van der Waals surface area (Å²) in [5.74, 6) is 2.04. The van der Waals surface area contributed by atoms with Crippen LogP contribution in [0.15, 0.2) is 84.9 Å². The first-order chi connectivity index (χ1) is 17.6. The zero-order valence-corrected chi connectivity index (χ0v) is 21.0. The molecule has 4 nitrogen and oxygen atoms in total. The van der Waals surface area contributed by atoms with Crippen LogP contribution in [0, 0.1) is 13.8 Å². The second kappa shape index (κ2) is 9.12. The fourth-order valence-corrected chi connectivity index (χ4v) is 5.10. The second-order valence-corrected chi connectivity index (χ2v) is 9.64. The molecular weight excluding hydrogens is 440 g/mol. The number of aromatic nitrogens is 4. The third-order valence-corrected chi connectivity index (χ3v) is 6.99. The molecule has 36 heavy (non-hydrogen) atoms. The zero-order chi connectivity index (χ0) is 24.6. The van der Waals surface area contributed by atoms with E-state index >= 15 is 0 Å². The minimum atomic E-state index is 0.795. The molecule has 0 unspecified atom stereocenters. The fraction of sp³-hybridized carbons (Fsp3) is 0.188. The van der Waals surface area contributed by atoms with Gasteiger partial charge in [-0.05, 0) is 66.3 Å². The summed E-state index contributed by atoms with van der Waals surface area (Å²) in [5.41, 5.74) is 11.6. The molecule has 0 aliphatic carbocycles. The van der Waals surface area contributed by atoms with E-state index in [1.165, 1.54) is 27.8 Å². The molecule has 0 amide bonds. The lowest BCUT2D eigenvalue weighted by atomic mass is 10.0. The molecule has 0 saturated carbocycles.